The number of Topliss-reactive ketones (excluding diaryl/α,β-unsaturated/α-hetero) is 1. The van der Waals surface area contributed by atoms with Crippen molar-refractivity contribution in [1.29, 1.82) is 0 Å². The van der Waals surface area contributed by atoms with Gasteiger partial charge in [0.15, 0.2) is 5.78 Å². The SMILES string of the molecule is CC(=O)c1c(O)cccc1OC[C@@H]1COCCN1C(=O)c1cccnc1CO. The Balaban J connectivity index is 1.79. The predicted octanol–water partition coefficient (Wildman–Crippen LogP) is 1.40. The number of carbonyl (C=O) groups is 2. The van der Waals surface area contributed by atoms with Gasteiger partial charge in [-0.3, -0.25) is 14.6 Å². The number of ether oxygens (including phenoxy) is 2. The number of phenolic OH excluding ortho intramolecular Hbond substituents is 1. The third-order valence-electron chi connectivity index (χ3n) is 4.55. The van der Waals surface area contributed by atoms with E-state index in [9.17, 15) is 19.8 Å². The molecule has 2 aromatic rings. The first-order valence-electron chi connectivity index (χ1n) is 8.92. The smallest absolute Gasteiger partial charge is 0.256 e. The number of aliphatic hydroxyl groups is 1. The maximum Gasteiger partial charge on any atom is 0.256 e. The van der Waals surface area contributed by atoms with Crippen molar-refractivity contribution in [2.45, 2.75) is 19.6 Å². The van der Waals surface area contributed by atoms with Crippen molar-refractivity contribution in [3.63, 3.8) is 0 Å². The summed E-state index contributed by atoms with van der Waals surface area (Å²) in [5.41, 5.74) is 0.746. The Morgan fingerprint density at radius 2 is 2.14 bits per heavy atom. The molecule has 0 spiro atoms. The van der Waals surface area contributed by atoms with Crippen molar-refractivity contribution >= 4 is 11.7 Å². The molecule has 1 atom stereocenters. The van der Waals surface area contributed by atoms with Crippen molar-refractivity contribution < 1.29 is 29.3 Å². The van der Waals surface area contributed by atoms with Crippen LogP contribution in [0.5, 0.6) is 11.5 Å². The molecule has 2 N–H and O–H groups in total. The number of aliphatic hydroxyl groups excluding tert-OH is 1. The van der Waals surface area contributed by atoms with Gasteiger partial charge in [0.1, 0.15) is 23.7 Å². The Labute approximate surface area is 162 Å². The maximum atomic E-state index is 13.0. The normalized spacial score (nSPS) is 16.6. The van der Waals surface area contributed by atoms with Crippen LogP contribution in [0, 0.1) is 0 Å². The second-order valence-electron chi connectivity index (χ2n) is 6.40. The number of amides is 1. The lowest BCUT2D eigenvalue weighted by Crippen LogP contribution is -2.51. The number of morpholine rings is 1. The first-order valence-corrected chi connectivity index (χ1v) is 8.92. The second kappa shape index (κ2) is 8.81. The number of benzene rings is 1. The zero-order valence-corrected chi connectivity index (χ0v) is 15.5. The average molecular weight is 386 g/mol. The molecule has 28 heavy (non-hydrogen) atoms. The second-order valence-corrected chi connectivity index (χ2v) is 6.40. The minimum Gasteiger partial charge on any atom is -0.507 e. The molecule has 1 aromatic heterocycles. The van der Waals surface area contributed by atoms with Gasteiger partial charge >= 0.3 is 0 Å². The van der Waals surface area contributed by atoms with Gasteiger partial charge in [0.05, 0.1) is 37.1 Å². The van der Waals surface area contributed by atoms with Gasteiger partial charge < -0.3 is 24.6 Å². The molecule has 0 radical (unpaired) electrons. The Kier molecular flexibility index (Phi) is 6.23. The summed E-state index contributed by atoms with van der Waals surface area (Å²) in [5, 5.41) is 19.4. The summed E-state index contributed by atoms with van der Waals surface area (Å²) < 4.78 is 11.3. The van der Waals surface area contributed by atoms with E-state index in [2.05, 4.69) is 4.98 Å². The largest absolute Gasteiger partial charge is 0.507 e. The van der Waals surface area contributed by atoms with Gasteiger partial charge in [-0.25, -0.2) is 0 Å². The van der Waals surface area contributed by atoms with Gasteiger partial charge in [0.2, 0.25) is 0 Å². The highest BCUT2D eigenvalue weighted by Gasteiger charge is 2.30. The summed E-state index contributed by atoms with van der Waals surface area (Å²) in [4.78, 5) is 30.5. The summed E-state index contributed by atoms with van der Waals surface area (Å²) in [5.74, 6) is -0.482. The number of hydrogen-bond acceptors (Lipinski definition) is 7. The number of carbonyl (C=O) groups excluding carboxylic acids is 2. The number of phenols is 1. The Morgan fingerprint density at radius 3 is 2.89 bits per heavy atom. The third-order valence-corrected chi connectivity index (χ3v) is 4.55. The summed E-state index contributed by atoms with van der Waals surface area (Å²) in [6.45, 7) is 2.13. The average Bonchev–Trinajstić information content (AvgIpc) is 2.71. The molecular formula is C20H22N2O6. The minimum absolute atomic E-state index is 0.0875. The third kappa shape index (κ3) is 4.13. The van der Waals surface area contributed by atoms with Gasteiger partial charge in [0, 0.05) is 12.7 Å². The van der Waals surface area contributed by atoms with E-state index in [0.29, 0.717) is 24.4 Å². The lowest BCUT2D eigenvalue weighted by Gasteiger charge is -2.35. The molecule has 8 nitrogen and oxygen atoms in total. The highest BCUT2D eigenvalue weighted by molar-refractivity contribution is 5.99. The highest BCUT2D eigenvalue weighted by Crippen LogP contribution is 2.28. The van der Waals surface area contributed by atoms with E-state index in [-0.39, 0.29) is 48.6 Å². The number of hydrogen-bond donors (Lipinski definition) is 2. The quantitative estimate of drug-likeness (QED) is 0.722. The fraction of sp³-hybridized carbons (Fsp3) is 0.350. The molecule has 3 rings (SSSR count). The molecule has 2 heterocycles. The molecule has 1 fully saturated rings. The van der Waals surface area contributed by atoms with Crippen molar-refractivity contribution in [2.75, 3.05) is 26.4 Å². The Bertz CT molecular complexity index is 870. The first-order chi connectivity index (χ1) is 13.5. The van der Waals surface area contributed by atoms with Crippen LogP contribution in [0.4, 0.5) is 0 Å². The number of aromatic nitrogens is 1. The van der Waals surface area contributed by atoms with Crippen LogP contribution in [0.2, 0.25) is 0 Å². The molecule has 148 valence electrons. The van der Waals surface area contributed by atoms with Gasteiger partial charge in [-0.1, -0.05) is 6.07 Å². The van der Waals surface area contributed by atoms with E-state index in [4.69, 9.17) is 9.47 Å². The van der Waals surface area contributed by atoms with Crippen LogP contribution in [0.15, 0.2) is 36.5 Å². The van der Waals surface area contributed by atoms with Crippen LogP contribution in [-0.2, 0) is 11.3 Å². The molecule has 0 unspecified atom stereocenters. The molecule has 0 bridgehead atoms. The maximum absolute atomic E-state index is 13.0. The van der Waals surface area contributed by atoms with E-state index in [1.165, 1.54) is 19.2 Å². The monoisotopic (exact) mass is 386 g/mol. The molecule has 1 saturated heterocycles. The number of rotatable bonds is 6. The summed E-state index contributed by atoms with van der Waals surface area (Å²) in [6.07, 6.45) is 1.52. The number of pyridine rings is 1. The summed E-state index contributed by atoms with van der Waals surface area (Å²) >= 11 is 0. The molecular weight excluding hydrogens is 364 g/mol. The minimum atomic E-state index is -0.393. The molecule has 1 amide bonds. The van der Waals surface area contributed by atoms with Crippen LogP contribution < -0.4 is 4.74 Å². The van der Waals surface area contributed by atoms with E-state index >= 15 is 0 Å². The van der Waals surface area contributed by atoms with Gasteiger partial charge in [-0.05, 0) is 31.2 Å². The summed E-state index contributed by atoms with van der Waals surface area (Å²) in [6, 6.07) is 7.47. The standard InChI is InChI=1S/C20H22N2O6/c1-13(24)19-17(25)5-2-6-18(19)28-12-14-11-27-9-8-22(14)20(26)15-4-3-7-21-16(15)10-23/h2-7,14,23,25H,8-12H2,1H3/t14-/m0/s1. The first kappa shape index (κ1) is 19.8. The van der Waals surface area contributed by atoms with Gasteiger partial charge in [-0.15, -0.1) is 0 Å². The van der Waals surface area contributed by atoms with Crippen LogP contribution in [0.1, 0.15) is 33.3 Å². The van der Waals surface area contributed by atoms with Crippen LogP contribution >= 0.6 is 0 Å². The zero-order chi connectivity index (χ0) is 20.1. The number of nitrogens with zero attached hydrogens (tertiary/aromatic N) is 2. The van der Waals surface area contributed by atoms with Gasteiger partial charge in [-0.2, -0.15) is 0 Å². The fourth-order valence-corrected chi connectivity index (χ4v) is 3.15. The summed E-state index contributed by atoms with van der Waals surface area (Å²) in [7, 11) is 0. The number of aromatic hydroxyl groups is 1. The number of ketones is 1. The molecule has 1 aromatic carbocycles. The fourth-order valence-electron chi connectivity index (χ4n) is 3.15. The van der Waals surface area contributed by atoms with E-state index in [1.54, 1.807) is 29.2 Å². The Hall–Kier alpha value is -2.97. The van der Waals surface area contributed by atoms with E-state index in [1.807, 2.05) is 0 Å². The zero-order valence-electron chi connectivity index (χ0n) is 15.5. The Morgan fingerprint density at radius 1 is 1.32 bits per heavy atom. The molecule has 1 aliphatic rings. The van der Waals surface area contributed by atoms with E-state index < -0.39 is 6.04 Å². The molecule has 8 heteroatoms. The van der Waals surface area contributed by atoms with Gasteiger partial charge in [0.25, 0.3) is 5.91 Å². The van der Waals surface area contributed by atoms with Crippen LogP contribution in [0.25, 0.3) is 0 Å². The van der Waals surface area contributed by atoms with Crippen molar-refractivity contribution in [2.24, 2.45) is 0 Å². The highest BCUT2D eigenvalue weighted by atomic mass is 16.5. The van der Waals surface area contributed by atoms with Crippen molar-refractivity contribution in [1.82, 2.24) is 9.88 Å². The molecule has 1 aliphatic heterocycles. The van der Waals surface area contributed by atoms with Crippen LogP contribution in [0.3, 0.4) is 0 Å². The van der Waals surface area contributed by atoms with Crippen LogP contribution in [-0.4, -0.2) is 64.2 Å². The predicted molar refractivity (Wildman–Crippen MR) is 99.4 cm³/mol. The van der Waals surface area contributed by atoms with Crippen molar-refractivity contribution in [3.8, 4) is 11.5 Å². The topological polar surface area (TPSA) is 109 Å². The lowest BCUT2D eigenvalue weighted by atomic mass is 10.1. The van der Waals surface area contributed by atoms with E-state index in [0.717, 1.165) is 0 Å². The molecule has 0 aliphatic carbocycles. The lowest BCUT2D eigenvalue weighted by molar-refractivity contribution is -0.0152. The van der Waals surface area contributed by atoms with Crippen molar-refractivity contribution in [3.05, 3.63) is 53.3 Å². The molecule has 0 saturated carbocycles.